The highest BCUT2D eigenvalue weighted by Crippen LogP contribution is 2.21. The van der Waals surface area contributed by atoms with E-state index in [0.29, 0.717) is 0 Å². The maximum atomic E-state index is 5.84. The molecule has 0 saturated carbocycles. The van der Waals surface area contributed by atoms with E-state index in [9.17, 15) is 0 Å². The summed E-state index contributed by atoms with van der Waals surface area (Å²) in [6, 6.07) is 7.88. The van der Waals surface area contributed by atoms with Crippen LogP contribution in [-0.2, 0) is 13.0 Å². The van der Waals surface area contributed by atoms with Crippen molar-refractivity contribution in [3.8, 4) is 0 Å². The summed E-state index contributed by atoms with van der Waals surface area (Å²) in [6.07, 6.45) is 2.70. The molecule has 2 nitrogen and oxygen atoms in total. The van der Waals surface area contributed by atoms with Crippen LogP contribution in [0.4, 0.5) is 0 Å². The van der Waals surface area contributed by atoms with E-state index in [1.807, 2.05) is 18.2 Å². The molecule has 0 atom stereocenters. The summed E-state index contributed by atoms with van der Waals surface area (Å²) >= 11 is 7.48. The molecule has 0 radical (unpaired) electrons. The third-order valence-corrected chi connectivity index (χ3v) is 3.35. The molecule has 0 aliphatic heterocycles. The molecule has 1 N–H and O–H groups in total. The summed E-state index contributed by atoms with van der Waals surface area (Å²) in [4.78, 5) is 1.31. The van der Waals surface area contributed by atoms with Gasteiger partial charge in [-0.3, -0.25) is 0 Å². The van der Waals surface area contributed by atoms with Gasteiger partial charge in [0.1, 0.15) is 5.76 Å². The lowest BCUT2D eigenvalue weighted by molar-refractivity contribution is 0.484. The van der Waals surface area contributed by atoms with Crippen molar-refractivity contribution in [3.63, 3.8) is 0 Å². The third-order valence-electron chi connectivity index (χ3n) is 2.06. The summed E-state index contributed by atoms with van der Waals surface area (Å²) in [5, 5.41) is 3.32. The molecule has 0 bridgehead atoms. The molecule has 0 spiro atoms. The third kappa shape index (κ3) is 3.38. The fraction of sp³-hybridized carbons (Fsp3) is 0.273. The fourth-order valence-corrected chi connectivity index (χ4v) is 2.41. The summed E-state index contributed by atoms with van der Waals surface area (Å²) in [6.45, 7) is 1.73. The van der Waals surface area contributed by atoms with Crippen molar-refractivity contribution in [2.45, 2.75) is 13.0 Å². The van der Waals surface area contributed by atoms with E-state index < -0.39 is 0 Å². The van der Waals surface area contributed by atoms with E-state index >= 15 is 0 Å². The Hall–Kier alpha value is -0.770. The molecule has 15 heavy (non-hydrogen) atoms. The molecule has 0 unspecified atom stereocenters. The molecular weight excluding hydrogens is 230 g/mol. The SMILES string of the molecule is Clc1ccc(CCNCc2ccco2)s1. The Balaban J connectivity index is 1.67. The van der Waals surface area contributed by atoms with Crippen LogP contribution in [0.3, 0.4) is 0 Å². The molecule has 0 saturated heterocycles. The van der Waals surface area contributed by atoms with Crippen LogP contribution < -0.4 is 5.32 Å². The second-order valence-corrected chi connectivity index (χ2v) is 5.01. The van der Waals surface area contributed by atoms with Crippen molar-refractivity contribution in [1.29, 1.82) is 0 Å². The van der Waals surface area contributed by atoms with Gasteiger partial charge in [-0.1, -0.05) is 11.6 Å². The largest absolute Gasteiger partial charge is 0.468 e. The van der Waals surface area contributed by atoms with Gasteiger partial charge in [0.25, 0.3) is 0 Å². The van der Waals surface area contributed by atoms with Crippen LogP contribution in [0.25, 0.3) is 0 Å². The van der Waals surface area contributed by atoms with Crippen LogP contribution in [0.1, 0.15) is 10.6 Å². The number of rotatable bonds is 5. The first-order valence-electron chi connectivity index (χ1n) is 4.82. The van der Waals surface area contributed by atoms with E-state index in [2.05, 4.69) is 11.4 Å². The number of hydrogen-bond acceptors (Lipinski definition) is 3. The number of furan rings is 1. The Morgan fingerprint density at radius 1 is 1.33 bits per heavy atom. The van der Waals surface area contributed by atoms with Crippen molar-refractivity contribution in [2.75, 3.05) is 6.54 Å². The lowest BCUT2D eigenvalue weighted by Gasteiger charge is -2.00. The first-order chi connectivity index (χ1) is 7.34. The van der Waals surface area contributed by atoms with Gasteiger partial charge in [-0.15, -0.1) is 11.3 Å². The predicted molar refractivity (Wildman–Crippen MR) is 63.4 cm³/mol. The number of halogens is 1. The molecule has 2 heterocycles. The van der Waals surface area contributed by atoms with Gasteiger partial charge >= 0.3 is 0 Å². The van der Waals surface area contributed by atoms with Crippen molar-refractivity contribution in [1.82, 2.24) is 5.32 Å². The summed E-state index contributed by atoms with van der Waals surface area (Å²) < 4.78 is 6.07. The normalized spacial score (nSPS) is 10.7. The van der Waals surface area contributed by atoms with Crippen molar-refractivity contribution < 1.29 is 4.42 Å². The van der Waals surface area contributed by atoms with Crippen LogP contribution in [0.5, 0.6) is 0 Å². The van der Waals surface area contributed by atoms with Gasteiger partial charge in [0.05, 0.1) is 17.1 Å². The molecule has 0 aliphatic carbocycles. The molecule has 4 heteroatoms. The number of hydrogen-bond donors (Lipinski definition) is 1. The van der Waals surface area contributed by atoms with Crippen molar-refractivity contribution >= 4 is 22.9 Å². The predicted octanol–water partition coefficient (Wildman–Crippen LogP) is 3.33. The molecule has 0 aromatic carbocycles. The van der Waals surface area contributed by atoms with Gasteiger partial charge in [-0.25, -0.2) is 0 Å². The van der Waals surface area contributed by atoms with E-state index in [-0.39, 0.29) is 0 Å². The fourth-order valence-electron chi connectivity index (χ4n) is 1.32. The molecule has 2 rings (SSSR count). The van der Waals surface area contributed by atoms with E-state index in [0.717, 1.165) is 29.6 Å². The first kappa shape index (κ1) is 10.7. The Morgan fingerprint density at radius 3 is 2.93 bits per heavy atom. The molecule has 0 fully saturated rings. The molecule has 80 valence electrons. The maximum absolute atomic E-state index is 5.84. The summed E-state index contributed by atoms with van der Waals surface area (Å²) in [7, 11) is 0. The zero-order valence-electron chi connectivity index (χ0n) is 8.20. The summed E-state index contributed by atoms with van der Waals surface area (Å²) in [5.74, 6) is 0.971. The van der Waals surface area contributed by atoms with Crippen molar-refractivity contribution in [2.24, 2.45) is 0 Å². The van der Waals surface area contributed by atoms with Gasteiger partial charge < -0.3 is 9.73 Å². The molecule has 0 aliphatic rings. The van der Waals surface area contributed by atoms with E-state index in [1.165, 1.54) is 4.88 Å². The Bertz CT molecular complexity index is 396. The smallest absolute Gasteiger partial charge is 0.117 e. The average molecular weight is 242 g/mol. The van der Waals surface area contributed by atoms with Gasteiger partial charge in [-0.2, -0.15) is 0 Å². The number of thiophene rings is 1. The van der Waals surface area contributed by atoms with E-state index in [4.69, 9.17) is 16.0 Å². The number of nitrogens with one attached hydrogen (secondary N) is 1. The first-order valence-corrected chi connectivity index (χ1v) is 6.01. The standard InChI is InChI=1S/C11H12ClNOS/c12-11-4-3-10(15-11)5-6-13-8-9-2-1-7-14-9/h1-4,7,13H,5-6,8H2. The highest BCUT2D eigenvalue weighted by atomic mass is 35.5. The zero-order chi connectivity index (χ0) is 10.5. The van der Waals surface area contributed by atoms with Gasteiger partial charge in [0, 0.05) is 11.4 Å². The molecule has 2 aromatic rings. The highest BCUT2D eigenvalue weighted by Gasteiger charge is 1.98. The van der Waals surface area contributed by atoms with Gasteiger partial charge in [0.15, 0.2) is 0 Å². The van der Waals surface area contributed by atoms with Crippen LogP contribution in [0, 0.1) is 0 Å². The molecular formula is C11H12ClNOS. The second-order valence-electron chi connectivity index (χ2n) is 3.21. The Labute approximate surface area is 97.9 Å². The highest BCUT2D eigenvalue weighted by molar-refractivity contribution is 7.16. The minimum Gasteiger partial charge on any atom is -0.468 e. The van der Waals surface area contributed by atoms with Crippen LogP contribution in [0.15, 0.2) is 34.9 Å². The zero-order valence-corrected chi connectivity index (χ0v) is 9.77. The maximum Gasteiger partial charge on any atom is 0.117 e. The van der Waals surface area contributed by atoms with Crippen LogP contribution >= 0.6 is 22.9 Å². The quantitative estimate of drug-likeness (QED) is 0.813. The van der Waals surface area contributed by atoms with Crippen molar-refractivity contribution in [3.05, 3.63) is 45.5 Å². The average Bonchev–Trinajstić information content (AvgIpc) is 2.84. The second kappa shape index (κ2) is 5.35. The lowest BCUT2D eigenvalue weighted by Crippen LogP contribution is -2.15. The molecule has 2 aromatic heterocycles. The van der Waals surface area contributed by atoms with Gasteiger partial charge in [-0.05, 0) is 30.7 Å². The van der Waals surface area contributed by atoms with Crippen LogP contribution in [-0.4, -0.2) is 6.54 Å². The Kier molecular flexibility index (Phi) is 3.83. The minimum atomic E-state index is 0.784. The summed E-state index contributed by atoms with van der Waals surface area (Å²) in [5.41, 5.74) is 0. The van der Waals surface area contributed by atoms with E-state index in [1.54, 1.807) is 17.6 Å². The Morgan fingerprint density at radius 2 is 2.27 bits per heavy atom. The monoisotopic (exact) mass is 241 g/mol. The lowest BCUT2D eigenvalue weighted by atomic mass is 10.3. The minimum absolute atomic E-state index is 0.784. The molecule has 0 amide bonds. The van der Waals surface area contributed by atoms with Gasteiger partial charge in [0.2, 0.25) is 0 Å². The van der Waals surface area contributed by atoms with Crippen LogP contribution in [0.2, 0.25) is 4.34 Å². The topological polar surface area (TPSA) is 25.2 Å².